The number of aliphatic carboxylic acids is 1. The van der Waals surface area contributed by atoms with Crippen molar-refractivity contribution in [2.24, 2.45) is 0 Å². The number of carbonyl (C=O) groups is 1. The van der Waals surface area contributed by atoms with Crippen molar-refractivity contribution in [1.82, 2.24) is 9.80 Å². The van der Waals surface area contributed by atoms with Gasteiger partial charge in [-0.1, -0.05) is 6.92 Å². The minimum Gasteiger partial charge on any atom is -0.481 e. The lowest BCUT2D eigenvalue weighted by atomic mass is 10.2. The standard InChI is InChI=1S/C23H44N2O8/c1-2-6-28-10-12-30-8-4-24-19-22-18-21(24)20-25(22)5-9-31-13-15-33-17-16-32-14-11-29-7-3-23(26)27/h21-22H,2-20H2,1H3,(H,26,27)/t21-,22-/m0/s1. The van der Waals surface area contributed by atoms with Gasteiger partial charge in [0.1, 0.15) is 0 Å². The van der Waals surface area contributed by atoms with Crippen LogP contribution < -0.4 is 0 Å². The third kappa shape index (κ3) is 13.0. The Morgan fingerprint density at radius 2 is 1.06 bits per heavy atom. The molecule has 10 nitrogen and oxygen atoms in total. The highest BCUT2D eigenvalue weighted by Gasteiger charge is 2.42. The highest BCUT2D eigenvalue weighted by molar-refractivity contribution is 5.66. The zero-order valence-electron chi connectivity index (χ0n) is 20.3. The predicted octanol–water partition coefficient (Wildman–Crippen LogP) is 0.729. The third-order valence-electron chi connectivity index (χ3n) is 5.81. The molecule has 2 aliphatic heterocycles. The van der Waals surface area contributed by atoms with Gasteiger partial charge in [-0.25, -0.2) is 0 Å². The van der Waals surface area contributed by atoms with E-state index in [2.05, 4.69) is 16.7 Å². The Labute approximate surface area is 198 Å². The average molecular weight is 477 g/mol. The quantitative estimate of drug-likeness (QED) is 0.213. The Hall–Kier alpha value is -0.850. The molecule has 194 valence electrons. The largest absolute Gasteiger partial charge is 0.481 e. The van der Waals surface area contributed by atoms with Gasteiger partial charge in [0.25, 0.3) is 0 Å². The van der Waals surface area contributed by atoms with Gasteiger partial charge in [0.15, 0.2) is 0 Å². The van der Waals surface area contributed by atoms with Crippen molar-refractivity contribution in [1.29, 1.82) is 0 Å². The molecule has 0 amide bonds. The van der Waals surface area contributed by atoms with E-state index in [0.717, 1.165) is 52.4 Å². The maximum atomic E-state index is 10.3. The zero-order valence-corrected chi connectivity index (χ0v) is 20.3. The first-order valence-electron chi connectivity index (χ1n) is 12.4. The number of ether oxygens (including phenoxy) is 6. The number of carboxylic acids is 1. The number of piperazine rings is 1. The van der Waals surface area contributed by atoms with Crippen LogP contribution in [0.1, 0.15) is 26.2 Å². The summed E-state index contributed by atoms with van der Waals surface area (Å²) >= 11 is 0. The lowest BCUT2D eigenvalue weighted by Gasteiger charge is -2.34. The number of nitrogens with zero attached hydrogens (tertiary/aromatic N) is 2. The van der Waals surface area contributed by atoms with Crippen LogP contribution in [0, 0.1) is 0 Å². The van der Waals surface area contributed by atoms with E-state index < -0.39 is 5.97 Å². The minimum atomic E-state index is -0.855. The van der Waals surface area contributed by atoms with Crippen LogP contribution in [0.5, 0.6) is 0 Å². The average Bonchev–Trinajstić information content (AvgIpc) is 3.39. The van der Waals surface area contributed by atoms with E-state index in [9.17, 15) is 4.79 Å². The molecule has 0 saturated carbocycles. The Balaban J connectivity index is 1.32. The molecule has 1 N–H and O–H groups in total. The Morgan fingerprint density at radius 3 is 1.45 bits per heavy atom. The Kier molecular flexibility index (Phi) is 15.9. The summed E-state index contributed by atoms with van der Waals surface area (Å²) in [5.41, 5.74) is 0. The van der Waals surface area contributed by atoms with Crippen LogP contribution in [0.15, 0.2) is 0 Å². The van der Waals surface area contributed by atoms with Crippen LogP contribution in [0.3, 0.4) is 0 Å². The van der Waals surface area contributed by atoms with Gasteiger partial charge < -0.3 is 33.5 Å². The lowest BCUT2D eigenvalue weighted by Crippen LogP contribution is -2.48. The second-order valence-corrected chi connectivity index (χ2v) is 8.35. The van der Waals surface area contributed by atoms with E-state index in [1.807, 2.05) is 0 Å². The fraction of sp³-hybridized carbons (Fsp3) is 0.957. The van der Waals surface area contributed by atoms with Crippen LogP contribution >= 0.6 is 0 Å². The smallest absolute Gasteiger partial charge is 0.305 e. The molecule has 0 aromatic carbocycles. The Bertz CT molecular complexity index is 499. The van der Waals surface area contributed by atoms with E-state index in [-0.39, 0.29) is 13.0 Å². The first kappa shape index (κ1) is 28.4. The number of rotatable bonds is 23. The lowest BCUT2D eigenvalue weighted by molar-refractivity contribution is -0.138. The zero-order chi connectivity index (χ0) is 23.6. The fourth-order valence-corrected chi connectivity index (χ4v) is 4.13. The highest BCUT2D eigenvalue weighted by Crippen LogP contribution is 2.29. The molecule has 2 heterocycles. The first-order valence-corrected chi connectivity index (χ1v) is 12.4. The van der Waals surface area contributed by atoms with Crippen LogP contribution in [0.2, 0.25) is 0 Å². The summed E-state index contributed by atoms with van der Waals surface area (Å²) in [5, 5.41) is 8.49. The summed E-state index contributed by atoms with van der Waals surface area (Å²) < 4.78 is 32.8. The van der Waals surface area contributed by atoms with Gasteiger partial charge in [0, 0.05) is 44.9 Å². The summed E-state index contributed by atoms with van der Waals surface area (Å²) in [6.45, 7) is 13.3. The number of hydrogen-bond acceptors (Lipinski definition) is 9. The topological polar surface area (TPSA) is 99.2 Å². The van der Waals surface area contributed by atoms with Gasteiger partial charge in [0.2, 0.25) is 0 Å². The van der Waals surface area contributed by atoms with E-state index in [4.69, 9.17) is 33.5 Å². The number of fused-ring (bicyclic) bond motifs is 2. The molecule has 2 aliphatic rings. The van der Waals surface area contributed by atoms with Crippen molar-refractivity contribution in [3.8, 4) is 0 Å². The van der Waals surface area contributed by atoms with Gasteiger partial charge in [-0.15, -0.1) is 0 Å². The molecule has 33 heavy (non-hydrogen) atoms. The summed E-state index contributed by atoms with van der Waals surface area (Å²) in [6, 6.07) is 1.30. The fourth-order valence-electron chi connectivity index (χ4n) is 4.13. The molecule has 2 atom stereocenters. The van der Waals surface area contributed by atoms with Crippen molar-refractivity contribution in [2.75, 3.05) is 105 Å². The molecule has 10 heteroatoms. The van der Waals surface area contributed by atoms with E-state index >= 15 is 0 Å². The van der Waals surface area contributed by atoms with E-state index in [1.165, 1.54) is 6.42 Å². The normalized spacial score (nSPS) is 20.8. The molecule has 0 radical (unpaired) electrons. The van der Waals surface area contributed by atoms with E-state index in [1.54, 1.807) is 0 Å². The molecular weight excluding hydrogens is 432 g/mol. The number of likely N-dealkylation sites (tertiary alicyclic amines) is 2. The second-order valence-electron chi connectivity index (χ2n) is 8.35. The van der Waals surface area contributed by atoms with E-state index in [0.29, 0.717) is 64.9 Å². The van der Waals surface area contributed by atoms with Crippen molar-refractivity contribution >= 4 is 5.97 Å². The maximum absolute atomic E-state index is 10.3. The Morgan fingerprint density at radius 1 is 0.667 bits per heavy atom. The SMILES string of the molecule is CCCOCCOCCN1C[C@@H]2C[C@H]1CN2CCOCCOCCOCCOCCC(=O)O. The van der Waals surface area contributed by atoms with Crippen LogP contribution in [-0.2, 0) is 33.2 Å². The monoisotopic (exact) mass is 476 g/mol. The molecule has 2 rings (SSSR count). The van der Waals surface area contributed by atoms with Crippen LogP contribution in [0.25, 0.3) is 0 Å². The third-order valence-corrected chi connectivity index (χ3v) is 5.81. The molecule has 2 saturated heterocycles. The molecule has 0 aliphatic carbocycles. The minimum absolute atomic E-state index is 0.0196. The maximum Gasteiger partial charge on any atom is 0.305 e. The highest BCUT2D eigenvalue weighted by atomic mass is 16.6. The summed E-state index contributed by atoms with van der Waals surface area (Å²) in [6.07, 6.45) is 2.33. The molecule has 0 spiro atoms. The molecule has 2 bridgehead atoms. The van der Waals surface area contributed by atoms with Gasteiger partial charge in [-0.05, 0) is 12.8 Å². The van der Waals surface area contributed by atoms with Crippen LogP contribution in [0.4, 0.5) is 0 Å². The predicted molar refractivity (Wildman–Crippen MR) is 123 cm³/mol. The van der Waals surface area contributed by atoms with Crippen molar-refractivity contribution in [3.63, 3.8) is 0 Å². The molecule has 0 aromatic rings. The van der Waals surface area contributed by atoms with Gasteiger partial charge in [-0.2, -0.15) is 0 Å². The van der Waals surface area contributed by atoms with Gasteiger partial charge in [0.05, 0.1) is 79.1 Å². The second kappa shape index (κ2) is 18.5. The number of carboxylic acid groups (broad SMARTS) is 1. The summed E-state index contributed by atoms with van der Waals surface area (Å²) in [5.74, 6) is -0.855. The van der Waals surface area contributed by atoms with Crippen LogP contribution in [-0.4, -0.2) is 138 Å². The summed E-state index contributed by atoms with van der Waals surface area (Å²) in [7, 11) is 0. The summed E-state index contributed by atoms with van der Waals surface area (Å²) in [4.78, 5) is 15.4. The molecule has 0 unspecified atom stereocenters. The number of hydrogen-bond donors (Lipinski definition) is 1. The van der Waals surface area contributed by atoms with Crippen molar-refractivity contribution in [3.05, 3.63) is 0 Å². The van der Waals surface area contributed by atoms with Gasteiger partial charge >= 0.3 is 5.97 Å². The van der Waals surface area contributed by atoms with Crippen molar-refractivity contribution in [2.45, 2.75) is 38.3 Å². The first-order chi connectivity index (χ1) is 16.2. The molecule has 2 fully saturated rings. The van der Waals surface area contributed by atoms with Gasteiger partial charge in [-0.3, -0.25) is 14.6 Å². The van der Waals surface area contributed by atoms with Crippen molar-refractivity contribution < 1.29 is 38.3 Å². The molecule has 0 aromatic heterocycles. The molecular formula is C23H44N2O8.